The largest absolute Gasteiger partial charge is 0.327 e. The van der Waals surface area contributed by atoms with Crippen LogP contribution in [0.1, 0.15) is 50.7 Å². The van der Waals surface area contributed by atoms with Crippen LogP contribution < -0.4 is 5.73 Å². The van der Waals surface area contributed by atoms with Crippen LogP contribution in [0.3, 0.4) is 0 Å². The maximum atomic E-state index is 6.46. The van der Waals surface area contributed by atoms with Crippen molar-refractivity contribution in [3.63, 3.8) is 0 Å². The normalized spacial score (nSPS) is 20.8. The number of fused-ring (bicyclic) bond motifs is 1. The van der Waals surface area contributed by atoms with Gasteiger partial charge in [-0.25, -0.2) is 0 Å². The Kier molecular flexibility index (Phi) is 4.82. The van der Waals surface area contributed by atoms with Crippen LogP contribution in [-0.2, 0) is 12.8 Å². The van der Waals surface area contributed by atoms with Gasteiger partial charge < -0.3 is 5.73 Å². The zero-order valence-corrected chi connectivity index (χ0v) is 11.9. The molecule has 1 nitrogen and oxygen atoms in total. The Morgan fingerprint density at radius 2 is 1.83 bits per heavy atom. The molecule has 1 aromatic carbocycles. The molecule has 1 aromatic rings. The van der Waals surface area contributed by atoms with Gasteiger partial charge in [-0.2, -0.15) is 0 Å². The number of hydrogen-bond donors (Lipinski definition) is 1. The lowest BCUT2D eigenvalue weighted by Gasteiger charge is -2.31. The van der Waals surface area contributed by atoms with Crippen LogP contribution in [0.4, 0.5) is 0 Å². The molecule has 0 amide bonds. The van der Waals surface area contributed by atoms with Gasteiger partial charge in [-0.3, -0.25) is 0 Å². The standard InChI is InChI=1S/C17H27N/c1-3-13(4-2)11-17(18)16-10-9-14-7-5-6-8-15(14)12-16/h5-8,13,16-17H,3-4,9-12,18H2,1-2H3. The van der Waals surface area contributed by atoms with E-state index in [1.165, 1.54) is 44.1 Å². The van der Waals surface area contributed by atoms with Crippen molar-refractivity contribution >= 4 is 0 Å². The van der Waals surface area contributed by atoms with E-state index in [0.717, 1.165) is 5.92 Å². The van der Waals surface area contributed by atoms with E-state index in [-0.39, 0.29) is 0 Å². The van der Waals surface area contributed by atoms with E-state index in [1.807, 2.05) is 0 Å². The summed E-state index contributed by atoms with van der Waals surface area (Å²) in [4.78, 5) is 0. The highest BCUT2D eigenvalue weighted by atomic mass is 14.7. The maximum absolute atomic E-state index is 6.46. The van der Waals surface area contributed by atoms with Crippen molar-refractivity contribution < 1.29 is 0 Å². The zero-order valence-electron chi connectivity index (χ0n) is 11.9. The second-order valence-electron chi connectivity index (χ2n) is 5.85. The molecule has 2 N–H and O–H groups in total. The van der Waals surface area contributed by atoms with Crippen LogP contribution in [0.15, 0.2) is 24.3 Å². The van der Waals surface area contributed by atoms with Crippen LogP contribution >= 0.6 is 0 Å². The van der Waals surface area contributed by atoms with Gasteiger partial charge in [-0.15, -0.1) is 0 Å². The molecule has 0 aliphatic heterocycles. The molecule has 2 rings (SSSR count). The van der Waals surface area contributed by atoms with Crippen molar-refractivity contribution in [1.29, 1.82) is 0 Å². The number of nitrogens with two attached hydrogens (primary N) is 1. The first-order valence-corrected chi connectivity index (χ1v) is 7.56. The van der Waals surface area contributed by atoms with Crippen molar-refractivity contribution in [3.05, 3.63) is 35.4 Å². The summed E-state index contributed by atoms with van der Waals surface area (Å²) in [5.41, 5.74) is 9.54. The van der Waals surface area contributed by atoms with E-state index in [9.17, 15) is 0 Å². The molecule has 1 aliphatic rings. The molecule has 18 heavy (non-hydrogen) atoms. The second-order valence-corrected chi connectivity index (χ2v) is 5.85. The first-order valence-electron chi connectivity index (χ1n) is 7.56. The van der Waals surface area contributed by atoms with Gasteiger partial charge in [0, 0.05) is 6.04 Å². The number of rotatable bonds is 5. The third-order valence-electron chi connectivity index (χ3n) is 4.75. The van der Waals surface area contributed by atoms with Crippen LogP contribution in [-0.4, -0.2) is 6.04 Å². The summed E-state index contributed by atoms with van der Waals surface area (Å²) < 4.78 is 0. The van der Waals surface area contributed by atoms with Crippen molar-refractivity contribution in [2.75, 3.05) is 0 Å². The zero-order chi connectivity index (χ0) is 13.0. The van der Waals surface area contributed by atoms with Crippen LogP contribution in [0, 0.1) is 11.8 Å². The summed E-state index contributed by atoms with van der Waals surface area (Å²) in [6.07, 6.45) is 7.44. The molecule has 2 unspecified atom stereocenters. The molecular formula is C17H27N. The number of benzene rings is 1. The first kappa shape index (κ1) is 13.6. The molecule has 0 aromatic heterocycles. The minimum atomic E-state index is 0.392. The Labute approximate surface area is 112 Å². The van der Waals surface area contributed by atoms with Gasteiger partial charge in [0.2, 0.25) is 0 Å². The molecule has 0 fully saturated rings. The Hall–Kier alpha value is -0.820. The fraction of sp³-hybridized carbons (Fsp3) is 0.647. The minimum absolute atomic E-state index is 0.392. The molecular weight excluding hydrogens is 218 g/mol. The fourth-order valence-corrected chi connectivity index (χ4v) is 3.29. The van der Waals surface area contributed by atoms with Gasteiger partial charge in [0.25, 0.3) is 0 Å². The molecule has 2 atom stereocenters. The van der Waals surface area contributed by atoms with E-state index < -0.39 is 0 Å². The fourth-order valence-electron chi connectivity index (χ4n) is 3.29. The summed E-state index contributed by atoms with van der Waals surface area (Å²) in [7, 11) is 0. The molecule has 1 heteroatoms. The average molecular weight is 245 g/mol. The molecule has 1 aliphatic carbocycles. The van der Waals surface area contributed by atoms with Gasteiger partial charge in [0.15, 0.2) is 0 Å². The molecule has 0 radical (unpaired) electrons. The number of aryl methyl sites for hydroxylation is 1. The van der Waals surface area contributed by atoms with Crippen LogP contribution in [0.2, 0.25) is 0 Å². The summed E-state index contributed by atoms with van der Waals surface area (Å²) in [6, 6.07) is 9.27. The van der Waals surface area contributed by atoms with Crippen molar-refractivity contribution in [1.82, 2.24) is 0 Å². The third kappa shape index (κ3) is 3.14. The van der Waals surface area contributed by atoms with Crippen LogP contribution in [0.25, 0.3) is 0 Å². The quantitative estimate of drug-likeness (QED) is 0.835. The highest BCUT2D eigenvalue weighted by Gasteiger charge is 2.24. The average Bonchev–Trinajstić information content (AvgIpc) is 2.44. The monoisotopic (exact) mass is 245 g/mol. The number of hydrogen-bond acceptors (Lipinski definition) is 1. The van der Waals surface area contributed by atoms with E-state index in [0.29, 0.717) is 12.0 Å². The third-order valence-corrected chi connectivity index (χ3v) is 4.75. The summed E-state index contributed by atoms with van der Waals surface area (Å²) >= 11 is 0. The van der Waals surface area contributed by atoms with E-state index in [2.05, 4.69) is 38.1 Å². The predicted molar refractivity (Wildman–Crippen MR) is 78.6 cm³/mol. The topological polar surface area (TPSA) is 26.0 Å². The van der Waals surface area contributed by atoms with Gasteiger partial charge in [-0.05, 0) is 48.6 Å². The Balaban J connectivity index is 1.96. The van der Waals surface area contributed by atoms with Crippen molar-refractivity contribution in [2.45, 2.75) is 58.4 Å². The molecule has 0 saturated heterocycles. The Morgan fingerprint density at radius 3 is 2.50 bits per heavy atom. The lowest BCUT2D eigenvalue weighted by Crippen LogP contribution is -2.35. The highest BCUT2D eigenvalue weighted by molar-refractivity contribution is 5.29. The van der Waals surface area contributed by atoms with E-state index in [4.69, 9.17) is 5.73 Å². The highest BCUT2D eigenvalue weighted by Crippen LogP contribution is 2.29. The van der Waals surface area contributed by atoms with E-state index in [1.54, 1.807) is 5.56 Å². The lowest BCUT2D eigenvalue weighted by molar-refractivity contribution is 0.305. The SMILES string of the molecule is CCC(CC)CC(N)C1CCc2ccccc2C1. The molecule has 0 heterocycles. The van der Waals surface area contributed by atoms with Crippen LogP contribution in [0.5, 0.6) is 0 Å². The molecule has 100 valence electrons. The molecule has 0 saturated carbocycles. The van der Waals surface area contributed by atoms with Gasteiger partial charge >= 0.3 is 0 Å². The molecule has 0 bridgehead atoms. The second kappa shape index (κ2) is 6.38. The lowest BCUT2D eigenvalue weighted by atomic mass is 9.77. The predicted octanol–water partition coefficient (Wildman–Crippen LogP) is 3.95. The maximum Gasteiger partial charge on any atom is 0.00730 e. The van der Waals surface area contributed by atoms with E-state index >= 15 is 0 Å². The first-order chi connectivity index (χ1) is 8.74. The van der Waals surface area contributed by atoms with Crippen molar-refractivity contribution in [2.24, 2.45) is 17.6 Å². The summed E-state index contributed by atoms with van der Waals surface area (Å²) in [5.74, 6) is 1.51. The Bertz CT molecular complexity index is 368. The summed E-state index contributed by atoms with van der Waals surface area (Å²) in [5, 5.41) is 0. The smallest absolute Gasteiger partial charge is 0.00730 e. The minimum Gasteiger partial charge on any atom is -0.327 e. The molecule has 0 spiro atoms. The Morgan fingerprint density at radius 1 is 1.17 bits per heavy atom. The van der Waals surface area contributed by atoms with Gasteiger partial charge in [0.05, 0.1) is 0 Å². The van der Waals surface area contributed by atoms with Crippen molar-refractivity contribution in [3.8, 4) is 0 Å². The van der Waals surface area contributed by atoms with Gasteiger partial charge in [-0.1, -0.05) is 51.0 Å². The van der Waals surface area contributed by atoms with Gasteiger partial charge in [0.1, 0.15) is 0 Å². The summed E-state index contributed by atoms with van der Waals surface area (Å²) in [6.45, 7) is 4.58.